The molecule has 6 nitrogen and oxygen atoms in total. The number of fused-ring (bicyclic) bond motifs is 6. The SMILES string of the molecule is Cc1nc(C)c(C)c(-c2nc(-n3c4ccccc4c4ccccc43)nc(-n3c4ccccc4c4ccccc43)n2)c1C. The van der Waals surface area contributed by atoms with E-state index in [0.29, 0.717) is 17.7 Å². The zero-order valence-electron chi connectivity index (χ0n) is 23.9. The van der Waals surface area contributed by atoms with Crippen LogP contribution in [0.15, 0.2) is 97.1 Å². The lowest BCUT2D eigenvalue weighted by molar-refractivity contribution is 0.889. The molecule has 4 aromatic heterocycles. The molecule has 0 unspecified atom stereocenters. The first kappa shape index (κ1) is 24.4. The third-order valence-electron chi connectivity index (χ3n) is 8.57. The van der Waals surface area contributed by atoms with Gasteiger partial charge in [0.25, 0.3) is 0 Å². The van der Waals surface area contributed by atoms with E-state index in [1.165, 1.54) is 0 Å². The van der Waals surface area contributed by atoms with Gasteiger partial charge in [-0.3, -0.25) is 14.1 Å². The zero-order valence-corrected chi connectivity index (χ0v) is 23.9. The van der Waals surface area contributed by atoms with Crippen LogP contribution in [-0.4, -0.2) is 29.1 Å². The van der Waals surface area contributed by atoms with Gasteiger partial charge >= 0.3 is 0 Å². The van der Waals surface area contributed by atoms with Crippen molar-refractivity contribution in [2.24, 2.45) is 0 Å². The monoisotopic (exact) mass is 544 g/mol. The molecular formula is C36H28N6. The van der Waals surface area contributed by atoms with Crippen LogP contribution in [0.4, 0.5) is 0 Å². The lowest BCUT2D eigenvalue weighted by Gasteiger charge is -2.16. The average molecular weight is 545 g/mol. The second-order valence-electron chi connectivity index (χ2n) is 10.9. The van der Waals surface area contributed by atoms with E-state index in [1.807, 2.05) is 13.8 Å². The van der Waals surface area contributed by atoms with Crippen LogP contribution >= 0.6 is 0 Å². The minimum absolute atomic E-state index is 0.584. The number of hydrogen-bond donors (Lipinski definition) is 0. The molecule has 0 fully saturated rings. The third kappa shape index (κ3) is 3.45. The average Bonchev–Trinajstić information content (AvgIpc) is 3.53. The van der Waals surface area contributed by atoms with Crippen molar-refractivity contribution in [1.29, 1.82) is 0 Å². The zero-order chi connectivity index (χ0) is 28.5. The molecule has 0 saturated carbocycles. The summed E-state index contributed by atoms with van der Waals surface area (Å²) < 4.78 is 4.33. The summed E-state index contributed by atoms with van der Waals surface area (Å²) in [4.78, 5) is 20.5. The Morgan fingerprint density at radius 1 is 0.405 bits per heavy atom. The van der Waals surface area contributed by atoms with E-state index < -0.39 is 0 Å². The van der Waals surface area contributed by atoms with E-state index in [1.54, 1.807) is 0 Å². The largest absolute Gasteiger partial charge is 0.278 e. The van der Waals surface area contributed by atoms with Crippen molar-refractivity contribution < 1.29 is 0 Å². The van der Waals surface area contributed by atoms with E-state index in [2.05, 4.69) is 120 Å². The van der Waals surface area contributed by atoms with Gasteiger partial charge in [-0.15, -0.1) is 0 Å². The number of aryl methyl sites for hydroxylation is 2. The van der Waals surface area contributed by atoms with Gasteiger partial charge in [-0.1, -0.05) is 72.8 Å². The second kappa shape index (κ2) is 9.08. The Bertz CT molecular complexity index is 2090. The summed E-state index contributed by atoms with van der Waals surface area (Å²) in [5.74, 6) is 1.81. The first-order chi connectivity index (χ1) is 20.5. The van der Waals surface area contributed by atoms with Gasteiger partial charge < -0.3 is 0 Å². The molecule has 202 valence electrons. The summed E-state index contributed by atoms with van der Waals surface area (Å²) in [6.07, 6.45) is 0. The smallest absolute Gasteiger partial charge is 0.240 e. The van der Waals surface area contributed by atoms with Crippen LogP contribution in [0, 0.1) is 27.7 Å². The summed E-state index contributed by atoms with van der Waals surface area (Å²) in [7, 11) is 0. The predicted octanol–water partition coefficient (Wildman–Crippen LogP) is 8.36. The molecule has 6 heteroatoms. The van der Waals surface area contributed by atoms with Crippen molar-refractivity contribution in [3.8, 4) is 23.3 Å². The molecule has 8 aromatic rings. The Balaban J connectivity index is 1.54. The van der Waals surface area contributed by atoms with E-state index >= 15 is 0 Å². The number of rotatable bonds is 3. The van der Waals surface area contributed by atoms with Crippen molar-refractivity contribution in [3.63, 3.8) is 0 Å². The highest BCUT2D eigenvalue weighted by Gasteiger charge is 2.22. The molecule has 0 aliphatic heterocycles. The predicted molar refractivity (Wildman–Crippen MR) is 171 cm³/mol. The first-order valence-corrected chi connectivity index (χ1v) is 14.2. The van der Waals surface area contributed by atoms with Gasteiger partial charge in [-0.25, -0.2) is 0 Å². The molecular weight excluding hydrogens is 516 g/mol. The van der Waals surface area contributed by atoms with Crippen LogP contribution in [0.1, 0.15) is 22.5 Å². The molecule has 4 heterocycles. The van der Waals surface area contributed by atoms with E-state index in [4.69, 9.17) is 19.9 Å². The van der Waals surface area contributed by atoms with Gasteiger partial charge in [0, 0.05) is 38.5 Å². The molecule has 0 saturated heterocycles. The van der Waals surface area contributed by atoms with Gasteiger partial charge in [0.15, 0.2) is 5.82 Å². The maximum Gasteiger partial charge on any atom is 0.240 e. The van der Waals surface area contributed by atoms with Gasteiger partial charge in [-0.05, 0) is 63.1 Å². The van der Waals surface area contributed by atoms with Crippen molar-refractivity contribution >= 4 is 43.6 Å². The quantitative estimate of drug-likeness (QED) is 0.224. The van der Waals surface area contributed by atoms with E-state index in [0.717, 1.165) is 71.7 Å². The second-order valence-corrected chi connectivity index (χ2v) is 10.9. The number of hydrogen-bond acceptors (Lipinski definition) is 4. The first-order valence-electron chi connectivity index (χ1n) is 14.2. The minimum Gasteiger partial charge on any atom is -0.278 e. The standard InChI is InChI=1S/C36H28N6/c1-21-23(3)37-24(4)22(2)33(21)34-38-35(41-29-17-9-5-13-25(29)26-14-6-10-18-30(26)41)40-36(39-34)42-31-19-11-7-15-27(31)28-16-8-12-20-32(28)42/h5-20H,1-4H3. The molecule has 0 aliphatic carbocycles. The van der Waals surface area contributed by atoms with E-state index in [-0.39, 0.29) is 0 Å². The molecule has 0 N–H and O–H groups in total. The Morgan fingerprint density at radius 2 is 0.738 bits per heavy atom. The van der Waals surface area contributed by atoms with Crippen molar-refractivity contribution in [3.05, 3.63) is 120 Å². The fraction of sp³-hybridized carbons (Fsp3) is 0.111. The van der Waals surface area contributed by atoms with E-state index in [9.17, 15) is 0 Å². The van der Waals surface area contributed by atoms with Crippen LogP contribution in [0.25, 0.3) is 66.9 Å². The fourth-order valence-electron chi connectivity index (χ4n) is 6.34. The summed E-state index contributed by atoms with van der Waals surface area (Å²) in [6.45, 7) is 8.31. The van der Waals surface area contributed by atoms with Crippen molar-refractivity contribution in [2.75, 3.05) is 0 Å². The molecule has 0 radical (unpaired) electrons. The molecule has 0 bridgehead atoms. The van der Waals surface area contributed by atoms with Crippen LogP contribution in [0.5, 0.6) is 0 Å². The number of para-hydroxylation sites is 4. The van der Waals surface area contributed by atoms with Gasteiger partial charge in [0.1, 0.15) is 0 Å². The summed E-state index contributed by atoms with van der Waals surface area (Å²) >= 11 is 0. The maximum absolute atomic E-state index is 5.24. The maximum atomic E-state index is 5.24. The Morgan fingerprint density at radius 3 is 1.10 bits per heavy atom. The summed E-state index contributed by atoms with van der Waals surface area (Å²) in [5, 5.41) is 4.65. The normalized spacial score (nSPS) is 11.8. The molecule has 0 atom stereocenters. The molecule has 0 aliphatic rings. The summed E-state index contributed by atoms with van der Waals surface area (Å²) in [6, 6.07) is 33.8. The van der Waals surface area contributed by atoms with Crippen LogP contribution in [0.3, 0.4) is 0 Å². The summed E-state index contributed by atoms with van der Waals surface area (Å²) in [5.41, 5.74) is 9.33. The van der Waals surface area contributed by atoms with Gasteiger partial charge in [-0.2, -0.15) is 15.0 Å². The highest BCUT2D eigenvalue weighted by Crippen LogP contribution is 2.35. The van der Waals surface area contributed by atoms with Crippen LogP contribution in [0.2, 0.25) is 0 Å². The lowest BCUT2D eigenvalue weighted by atomic mass is 10.00. The number of benzene rings is 4. The highest BCUT2D eigenvalue weighted by molar-refractivity contribution is 6.10. The van der Waals surface area contributed by atoms with Crippen LogP contribution < -0.4 is 0 Å². The third-order valence-corrected chi connectivity index (χ3v) is 8.57. The minimum atomic E-state index is 0.584. The molecule has 42 heavy (non-hydrogen) atoms. The topological polar surface area (TPSA) is 61.4 Å². The number of aromatic nitrogens is 6. The lowest BCUT2D eigenvalue weighted by Crippen LogP contribution is -2.11. The Hall–Kier alpha value is -5.36. The Kier molecular flexibility index (Phi) is 5.28. The van der Waals surface area contributed by atoms with Crippen LogP contribution in [-0.2, 0) is 0 Å². The van der Waals surface area contributed by atoms with Crippen molar-refractivity contribution in [2.45, 2.75) is 27.7 Å². The molecule has 8 rings (SSSR count). The highest BCUT2D eigenvalue weighted by atomic mass is 15.3. The fourth-order valence-corrected chi connectivity index (χ4v) is 6.34. The van der Waals surface area contributed by atoms with Crippen molar-refractivity contribution in [1.82, 2.24) is 29.1 Å². The molecule has 4 aromatic carbocycles. The molecule has 0 amide bonds. The van der Waals surface area contributed by atoms with Gasteiger partial charge in [0.05, 0.1) is 22.1 Å². The Labute approximate surface area is 243 Å². The molecule has 0 spiro atoms. The number of nitrogens with zero attached hydrogens (tertiary/aromatic N) is 6. The number of pyridine rings is 1. The van der Waals surface area contributed by atoms with Gasteiger partial charge in [0.2, 0.25) is 11.9 Å².